The third kappa shape index (κ3) is 2.91. The van der Waals surface area contributed by atoms with Gasteiger partial charge in [0.25, 0.3) is 5.91 Å². The van der Waals surface area contributed by atoms with Crippen molar-refractivity contribution in [3.05, 3.63) is 76.5 Å². The second-order valence-electron chi connectivity index (χ2n) is 7.46. The van der Waals surface area contributed by atoms with Gasteiger partial charge in [-0.3, -0.25) is 19.9 Å². The van der Waals surface area contributed by atoms with Crippen molar-refractivity contribution in [3.8, 4) is 10.6 Å². The number of hydrogen-bond acceptors (Lipinski definition) is 5. The molecule has 30 heavy (non-hydrogen) atoms. The number of ketones is 1. The minimum absolute atomic E-state index is 0.0991. The number of thiophene rings is 1. The lowest BCUT2D eigenvalue weighted by molar-refractivity contribution is -0.124. The molecule has 8 heteroatoms. The molecule has 1 unspecified atom stereocenters. The van der Waals surface area contributed by atoms with E-state index in [4.69, 9.17) is 0 Å². The van der Waals surface area contributed by atoms with Gasteiger partial charge in [0.2, 0.25) is 0 Å². The zero-order valence-corrected chi connectivity index (χ0v) is 16.5. The molecule has 6 nitrogen and oxygen atoms in total. The fourth-order valence-corrected chi connectivity index (χ4v) is 5.33. The number of urea groups is 1. The molecule has 5 rings (SSSR count). The first-order valence-electron chi connectivity index (χ1n) is 9.44. The fourth-order valence-electron chi connectivity index (χ4n) is 4.19. The normalized spacial score (nSPS) is 22.7. The molecule has 150 valence electrons. The Morgan fingerprint density at radius 2 is 2.00 bits per heavy atom. The summed E-state index contributed by atoms with van der Waals surface area (Å²) in [4.78, 5) is 43.7. The number of nitrogens with one attached hydrogen (secondary N) is 2. The molecule has 2 aromatic heterocycles. The van der Waals surface area contributed by atoms with Crippen molar-refractivity contribution in [1.82, 2.24) is 15.6 Å². The number of rotatable bonds is 4. The number of benzene rings is 1. The summed E-state index contributed by atoms with van der Waals surface area (Å²) in [5.74, 6) is -1.70. The maximum absolute atomic E-state index is 13.6. The molecule has 0 bridgehead atoms. The van der Waals surface area contributed by atoms with Gasteiger partial charge in [-0.25, -0.2) is 9.18 Å². The second kappa shape index (κ2) is 6.84. The van der Waals surface area contributed by atoms with Crippen LogP contribution in [0.4, 0.5) is 9.18 Å². The van der Waals surface area contributed by atoms with E-state index in [1.165, 1.54) is 23.5 Å². The van der Waals surface area contributed by atoms with Gasteiger partial charge in [0.1, 0.15) is 5.82 Å². The van der Waals surface area contributed by atoms with Crippen LogP contribution in [0.15, 0.2) is 54.7 Å². The molecule has 1 aromatic carbocycles. The quantitative estimate of drug-likeness (QED) is 0.632. The van der Waals surface area contributed by atoms with Crippen molar-refractivity contribution >= 4 is 29.1 Å². The zero-order chi connectivity index (χ0) is 20.9. The highest BCUT2D eigenvalue weighted by molar-refractivity contribution is 7.15. The largest absolute Gasteiger partial charge is 0.322 e. The summed E-state index contributed by atoms with van der Waals surface area (Å²) < 4.78 is 13.6. The standard InChI is InChI=1S/C22H16FN3O3S/c23-14-5-4-12-9-13(19(27)15(12)10-14)11-22(20(28)25-21(29)26-22)18-7-6-17(30-18)16-3-1-2-8-24-16/h1-8,10,13H,9,11H2,(H2,25,26,28,29)/t13?,22-/m0/s1. The van der Waals surface area contributed by atoms with Gasteiger partial charge in [0.15, 0.2) is 11.3 Å². The van der Waals surface area contributed by atoms with Crippen molar-refractivity contribution in [2.75, 3.05) is 0 Å². The van der Waals surface area contributed by atoms with Crippen LogP contribution in [0.1, 0.15) is 27.2 Å². The Bertz CT molecular complexity index is 1190. The number of nitrogens with zero attached hydrogens (tertiary/aromatic N) is 1. The van der Waals surface area contributed by atoms with Gasteiger partial charge in [0.05, 0.1) is 10.6 Å². The van der Waals surface area contributed by atoms with Crippen LogP contribution in [0.2, 0.25) is 0 Å². The Morgan fingerprint density at radius 3 is 2.73 bits per heavy atom. The van der Waals surface area contributed by atoms with Gasteiger partial charge in [0, 0.05) is 22.6 Å². The average Bonchev–Trinajstić information content (AvgIpc) is 3.41. The van der Waals surface area contributed by atoms with Gasteiger partial charge < -0.3 is 5.32 Å². The maximum atomic E-state index is 13.6. The summed E-state index contributed by atoms with van der Waals surface area (Å²) in [5, 5.41) is 5.05. The molecule has 2 N–H and O–H groups in total. The first kappa shape index (κ1) is 18.6. The Labute approximate surface area is 175 Å². The third-order valence-electron chi connectivity index (χ3n) is 5.61. The Kier molecular flexibility index (Phi) is 4.25. The van der Waals surface area contributed by atoms with E-state index in [-0.39, 0.29) is 12.2 Å². The Morgan fingerprint density at radius 1 is 1.13 bits per heavy atom. The van der Waals surface area contributed by atoms with Crippen LogP contribution in [0.5, 0.6) is 0 Å². The number of Topliss-reactive ketones (excluding diaryl/α,β-unsaturated/α-hetero) is 1. The molecule has 3 aromatic rings. The van der Waals surface area contributed by atoms with Crippen molar-refractivity contribution in [1.29, 1.82) is 0 Å². The topological polar surface area (TPSA) is 88.2 Å². The molecule has 3 heterocycles. The fraction of sp³-hybridized carbons (Fsp3) is 0.182. The number of aromatic nitrogens is 1. The smallest absolute Gasteiger partial charge is 0.319 e. The lowest BCUT2D eigenvalue weighted by Gasteiger charge is -2.27. The summed E-state index contributed by atoms with van der Waals surface area (Å²) >= 11 is 1.35. The monoisotopic (exact) mass is 421 g/mol. The SMILES string of the molecule is O=C1NC(=O)[C@](CC2Cc3ccc(F)cc3C2=O)(c2ccc(-c3ccccn3)s2)N1. The van der Waals surface area contributed by atoms with Crippen LogP contribution in [-0.2, 0) is 16.8 Å². The summed E-state index contributed by atoms with van der Waals surface area (Å²) in [7, 11) is 0. The van der Waals surface area contributed by atoms with E-state index < -0.39 is 29.2 Å². The molecule has 1 aliphatic carbocycles. The van der Waals surface area contributed by atoms with Gasteiger partial charge >= 0.3 is 6.03 Å². The van der Waals surface area contributed by atoms with Crippen molar-refractivity contribution in [3.63, 3.8) is 0 Å². The maximum Gasteiger partial charge on any atom is 0.322 e. The molecule has 2 atom stereocenters. The van der Waals surface area contributed by atoms with E-state index in [0.717, 1.165) is 16.1 Å². The molecular weight excluding hydrogens is 405 g/mol. The number of hydrogen-bond donors (Lipinski definition) is 2. The number of carbonyl (C=O) groups is 3. The molecule has 3 amide bonds. The van der Waals surface area contributed by atoms with Crippen LogP contribution in [-0.4, -0.2) is 22.7 Å². The van der Waals surface area contributed by atoms with E-state index in [2.05, 4.69) is 15.6 Å². The van der Waals surface area contributed by atoms with Crippen molar-refractivity contribution < 1.29 is 18.8 Å². The van der Waals surface area contributed by atoms with Crippen molar-refractivity contribution in [2.45, 2.75) is 18.4 Å². The average molecular weight is 421 g/mol. The minimum atomic E-state index is -1.35. The Hall–Kier alpha value is -3.39. The molecule has 1 fully saturated rings. The number of carbonyl (C=O) groups excluding carboxylic acids is 3. The molecule has 1 aliphatic heterocycles. The van der Waals surface area contributed by atoms with Gasteiger partial charge in [-0.15, -0.1) is 11.3 Å². The number of halogens is 1. The third-order valence-corrected chi connectivity index (χ3v) is 6.88. The first-order chi connectivity index (χ1) is 14.5. The molecule has 2 aliphatic rings. The van der Waals surface area contributed by atoms with E-state index >= 15 is 0 Å². The highest BCUT2D eigenvalue weighted by Gasteiger charge is 2.51. The van der Waals surface area contributed by atoms with Gasteiger partial charge in [-0.05, 0) is 54.8 Å². The lowest BCUT2D eigenvalue weighted by Crippen LogP contribution is -2.45. The first-order valence-corrected chi connectivity index (χ1v) is 10.3. The minimum Gasteiger partial charge on any atom is -0.319 e. The second-order valence-corrected chi connectivity index (χ2v) is 8.55. The number of imide groups is 1. The van der Waals surface area contributed by atoms with E-state index in [1.54, 1.807) is 18.3 Å². The predicted molar refractivity (Wildman–Crippen MR) is 108 cm³/mol. The predicted octanol–water partition coefficient (Wildman–Crippen LogP) is 3.43. The number of amides is 3. The van der Waals surface area contributed by atoms with Crippen LogP contribution in [0.25, 0.3) is 10.6 Å². The van der Waals surface area contributed by atoms with Gasteiger partial charge in [-0.1, -0.05) is 12.1 Å². The number of fused-ring (bicyclic) bond motifs is 1. The molecule has 0 spiro atoms. The summed E-state index contributed by atoms with van der Waals surface area (Å²) in [6, 6.07) is 12.8. The number of pyridine rings is 1. The van der Waals surface area contributed by atoms with Gasteiger partial charge in [-0.2, -0.15) is 0 Å². The summed E-state index contributed by atoms with van der Waals surface area (Å²) in [5.41, 5.74) is 0.510. The molecule has 1 saturated heterocycles. The Balaban J connectivity index is 1.51. The van der Waals surface area contributed by atoms with E-state index in [1.807, 2.05) is 24.3 Å². The highest BCUT2D eigenvalue weighted by atomic mass is 32.1. The van der Waals surface area contributed by atoms with Crippen LogP contribution >= 0.6 is 11.3 Å². The zero-order valence-electron chi connectivity index (χ0n) is 15.6. The summed E-state index contributed by atoms with van der Waals surface area (Å²) in [6.07, 6.45) is 2.18. The molecule has 0 saturated carbocycles. The lowest BCUT2D eigenvalue weighted by atomic mass is 9.84. The molecule has 0 radical (unpaired) electrons. The van der Waals surface area contributed by atoms with Crippen LogP contribution in [0.3, 0.4) is 0 Å². The van der Waals surface area contributed by atoms with Crippen LogP contribution in [0, 0.1) is 11.7 Å². The van der Waals surface area contributed by atoms with E-state index in [9.17, 15) is 18.8 Å². The van der Waals surface area contributed by atoms with Crippen LogP contribution < -0.4 is 10.6 Å². The summed E-state index contributed by atoms with van der Waals surface area (Å²) in [6.45, 7) is 0. The van der Waals surface area contributed by atoms with E-state index in [0.29, 0.717) is 16.9 Å². The highest BCUT2D eigenvalue weighted by Crippen LogP contribution is 2.42. The van der Waals surface area contributed by atoms with Crippen molar-refractivity contribution in [2.24, 2.45) is 5.92 Å². The molecular formula is C22H16FN3O3S.